The van der Waals surface area contributed by atoms with Crippen LogP contribution in [0.1, 0.15) is 90.4 Å². The Balaban J connectivity index is 1.91. The third-order valence-corrected chi connectivity index (χ3v) is 7.14. The first-order chi connectivity index (χ1) is 9.74. The second kappa shape index (κ2) is 12.6. The van der Waals surface area contributed by atoms with E-state index in [1.54, 1.807) is 5.57 Å². The second-order valence-electron chi connectivity index (χ2n) is 5.88. The SMILES string of the molecule is CCCCCCCCCCCCC1=C(Br)SC(Br)CC1. The summed E-state index contributed by atoms with van der Waals surface area (Å²) < 4.78 is 2.02. The van der Waals surface area contributed by atoms with E-state index >= 15 is 0 Å². The van der Waals surface area contributed by atoms with E-state index in [9.17, 15) is 0 Å². The van der Waals surface area contributed by atoms with Gasteiger partial charge in [0.05, 0.1) is 7.97 Å². The zero-order valence-corrected chi connectivity index (χ0v) is 16.9. The van der Waals surface area contributed by atoms with Crippen molar-refractivity contribution < 1.29 is 0 Å². The van der Waals surface area contributed by atoms with Crippen LogP contribution in [-0.2, 0) is 0 Å². The monoisotopic (exact) mass is 424 g/mol. The number of alkyl halides is 1. The van der Waals surface area contributed by atoms with Gasteiger partial charge >= 0.3 is 0 Å². The van der Waals surface area contributed by atoms with Crippen LogP contribution >= 0.6 is 43.6 Å². The van der Waals surface area contributed by atoms with Gasteiger partial charge in [0.25, 0.3) is 0 Å². The molecule has 20 heavy (non-hydrogen) atoms. The maximum Gasteiger partial charge on any atom is 0.0655 e. The summed E-state index contributed by atoms with van der Waals surface area (Å²) in [6.07, 6.45) is 18.2. The third-order valence-electron chi connectivity index (χ3n) is 4.01. The third kappa shape index (κ3) is 9.15. The molecule has 0 amide bonds. The lowest BCUT2D eigenvalue weighted by atomic mass is 10.0. The first-order valence-electron chi connectivity index (χ1n) is 8.42. The van der Waals surface area contributed by atoms with Gasteiger partial charge in [0, 0.05) is 0 Å². The van der Waals surface area contributed by atoms with Crippen molar-refractivity contribution in [2.75, 3.05) is 0 Å². The van der Waals surface area contributed by atoms with Gasteiger partial charge < -0.3 is 0 Å². The van der Waals surface area contributed by atoms with Crippen LogP contribution in [0.5, 0.6) is 0 Å². The number of rotatable bonds is 11. The van der Waals surface area contributed by atoms with Gasteiger partial charge in [0.15, 0.2) is 0 Å². The van der Waals surface area contributed by atoms with Gasteiger partial charge in [-0.15, -0.1) is 11.8 Å². The highest BCUT2D eigenvalue weighted by Gasteiger charge is 2.17. The summed E-state index contributed by atoms with van der Waals surface area (Å²) in [7, 11) is 0. The van der Waals surface area contributed by atoms with Gasteiger partial charge in [0.1, 0.15) is 0 Å². The van der Waals surface area contributed by atoms with Crippen molar-refractivity contribution in [1.82, 2.24) is 0 Å². The molecule has 118 valence electrons. The molecule has 0 spiro atoms. The predicted molar refractivity (Wildman–Crippen MR) is 102 cm³/mol. The Bertz CT molecular complexity index is 276. The molecule has 0 nitrogen and oxygen atoms in total. The van der Waals surface area contributed by atoms with E-state index < -0.39 is 0 Å². The smallest absolute Gasteiger partial charge is 0.0655 e. The minimum atomic E-state index is 0.619. The van der Waals surface area contributed by atoms with Crippen molar-refractivity contribution in [2.45, 2.75) is 94.6 Å². The van der Waals surface area contributed by atoms with E-state index in [2.05, 4.69) is 38.8 Å². The lowest BCUT2D eigenvalue weighted by Gasteiger charge is -2.20. The summed E-state index contributed by atoms with van der Waals surface area (Å²) in [5, 5.41) is 0. The van der Waals surface area contributed by atoms with Crippen molar-refractivity contribution in [1.29, 1.82) is 0 Å². The van der Waals surface area contributed by atoms with E-state index in [1.165, 1.54) is 87.3 Å². The standard InChI is InChI=1S/C17H30Br2S/c1-2-3-4-5-6-7-8-9-10-11-12-15-13-14-16(18)20-17(15)19/h16H,2-14H2,1H3. The number of hydrogen-bond acceptors (Lipinski definition) is 1. The Labute approximate surface area is 147 Å². The zero-order chi connectivity index (χ0) is 14.6. The van der Waals surface area contributed by atoms with E-state index in [-0.39, 0.29) is 0 Å². The van der Waals surface area contributed by atoms with Crippen LogP contribution < -0.4 is 0 Å². The average molecular weight is 426 g/mol. The van der Waals surface area contributed by atoms with Crippen molar-refractivity contribution >= 4 is 43.6 Å². The number of hydrogen-bond donors (Lipinski definition) is 0. The quantitative estimate of drug-likeness (QED) is 0.237. The Morgan fingerprint density at radius 1 is 0.950 bits per heavy atom. The van der Waals surface area contributed by atoms with Crippen LogP contribution in [0.15, 0.2) is 9.39 Å². The largest absolute Gasteiger partial charge is 0.104 e. The molecule has 0 bridgehead atoms. The van der Waals surface area contributed by atoms with Gasteiger partial charge in [-0.25, -0.2) is 0 Å². The fraction of sp³-hybridized carbons (Fsp3) is 0.882. The fourth-order valence-electron chi connectivity index (χ4n) is 2.69. The zero-order valence-electron chi connectivity index (χ0n) is 12.9. The molecule has 1 heterocycles. The van der Waals surface area contributed by atoms with Gasteiger partial charge in [-0.1, -0.05) is 80.6 Å². The van der Waals surface area contributed by atoms with Crippen LogP contribution in [0.25, 0.3) is 0 Å². The molecule has 1 unspecified atom stereocenters. The van der Waals surface area contributed by atoms with Gasteiger partial charge in [-0.05, 0) is 47.2 Å². The lowest BCUT2D eigenvalue weighted by Crippen LogP contribution is -2.01. The maximum atomic E-state index is 3.73. The maximum absolute atomic E-state index is 3.73. The van der Waals surface area contributed by atoms with Crippen LogP contribution in [0.4, 0.5) is 0 Å². The minimum absolute atomic E-state index is 0.619. The van der Waals surface area contributed by atoms with Crippen LogP contribution in [0, 0.1) is 0 Å². The van der Waals surface area contributed by atoms with Crippen molar-refractivity contribution in [3.05, 3.63) is 9.39 Å². The van der Waals surface area contributed by atoms with Gasteiger partial charge in [-0.3, -0.25) is 0 Å². The van der Waals surface area contributed by atoms with Gasteiger partial charge in [0.2, 0.25) is 0 Å². The van der Waals surface area contributed by atoms with Crippen LogP contribution in [-0.4, -0.2) is 4.16 Å². The Hall–Kier alpha value is 1.05. The molecule has 1 aliphatic heterocycles. The summed E-state index contributed by atoms with van der Waals surface area (Å²) in [6.45, 7) is 2.29. The molecule has 0 aliphatic carbocycles. The van der Waals surface area contributed by atoms with Crippen LogP contribution in [0.2, 0.25) is 0 Å². The molecule has 0 aromatic rings. The van der Waals surface area contributed by atoms with E-state index in [4.69, 9.17) is 0 Å². The van der Waals surface area contributed by atoms with E-state index in [0.717, 1.165) is 0 Å². The molecule has 1 rings (SSSR count). The Kier molecular flexibility index (Phi) is 12.0. The summed E-state index contributed by atoms with van der Waals surface area (Å²) in [5.74, 6) is 0. The number of thioether (sulfide) groups is 1. The molecule has 0 aromatic carbocycles. The molecular weight excluding hydrogens is 396 g/mol. The molecule has 1 aliphatic rings. The molecule has 0 saturated heterocycles. The number of unbranched alkanes of at least 4 members (excludes halogenated alkanes) is 9. The van der Waals surface area contributed by atoms with E-state index in [1.807, 2.05) is 11.8 Å². The fourth-order valence-corrected chi connectivity index (χ4v) is 6.14. The van der Waals surface area contributed by atoms with E-state index in [0.29, 0.717) is 4.16 Å². The minimum Gasteiger partial charge on any atom is -0.104 e. The first kappa shape index (κ1) is 19.1. The topological polar surface area (TPSA) is 0 Å². The molecule has 1 atom stereocenters. The first-order valence-corrected chi connectivity index (χ1v) is 11.0. The number of halogens is 2. The Morgan fingerprint density at radius 2 is 1.50 bits per heavy atom. The highest BCUT2D eigenvalue weighted by Crippen LogP contribution is 2.43. The summed E-state index contributed by atoms with van der Waals surface area (Å²) in [6, 6.07) is 0. The second-order valence-corrected chi connectivity index (χ2v) is 10.1. The molecule has 0 radical (unpaired) electrons. The van der Waals surface area contributed by atoms with Crippen molar-refractivity contribution in [3.8, 4) is 0 Å². The molecule has 0 saturated carbocycles. The number of allylic oxidation sites excluding steroid dienone is 1. The van der Waals surface area contributed by atoms with Crippen molar-refractivity contribution in [2.24, 2.45) is 0 Å². The normalized spacial score (nSPS) is 19.6. The summed E-state index contributed by atoms with van der Waals surface area (Å²) in [4.78, 5) is 0. The molecule has 0 N–H and O–H groups in total. The summed E-state index contributed by atoms with van der Waals surface area (Å²) >= 11 is 9.36. The highest BCUT2D eigenvalue weighted by molar-refractivity contribution is 9.15. The average Bonchev–Trinajstić information content (AvgIpc) is 2.43. The molecule has 0 fully saturated rings. The molecule has 3 heteroatoms. The van der Waals surface area contributed by atoms with Crippen LogP contribution in [0.3, 0.4) is 0 Å². The summed E-state index contributed by atoms with van der Waals surface area (Å²) in [5.41, 5.74) is 1.66. The Morgan fingerprint density at radius 3 is 2.05 bits per heavy atom. The van der Waals surface area contributed by atoms with Gasteiger partial charge in [-0.2, -0.15) is 0 Å². The molecule has 0 aromatic heterocycles. The van der Waals surface area contributed by atoms with Crippen molar-refractivity contribution in [3.63, 3.8) is 0 Å². The predicted octanol–water partition coefficient (Wildman–Crippen LogP) is 8.15. The lowest BCUT2D eigenvalue weighted by molar-refractivity contribution is 0.554. The highest BCUT2D eigenvalue weighted by atomic mass is 79.9. The molecular formula is C17H30Br2S.